The summed E-state index contributed by atoms with van der Waals surface area (Å²) in [7, 11) is -4.00. The number of benzene rings is 1. The summed E-state index contributed by atoms with van der Waals surface area (Å²) in [6, 6.07) is 8.79. The zero-order chi connectivity index (χ0) is 18.2. The average Bonchev–Trinajstić information content (AvgIpc) is 2.85. The van der Waals surface area contributed by atoms with E-state index in [1.165, 1.54) is 22.6 Å². The Morgan fingerprint density at radius 3 is 2.80 bits per heavy atom. The molecule has 0 saturated carbocycles. The van der Waals surface area contributed by atoms with Crippen LogP contribution in [-0.4, -0.2) is 23.7 Å². The highest BCUT2D eigenvalue weighted by Crippen LogP contribution is 2.18. The molecular weight excluding hydrogens is 369 g/mol. The third-order valence-corrected chi connectivity index (χ3v) is 5.05. The molecule has 9 heteroatoms. The Labute approximate surface area is 148 Å². The van der Waals surface area contributed by atoms with Crippen LogP contribution in [0.2, 0.25) is 5.15 Å². The first kappa shape index (κ1) is 17.4. The molecule has 0 radical (unpaired) electrons. The molecule has 2 heterocycles. The van der Waals surface area contributed by atoms with Crippen molar-refractivity contribution in [2.24, 2.45) is 0 Å². The van der Waals surface area contributed by atoms with Gasteiger partial charge in [-0.1, -0.05) is 23.7 Å². The van der Waals surface area contributed by atoms with E-state index in [9.17, 15) is 17.6 Å². The van der Waals surface area contributed by atoms with Crippen molar-refractivity contribution in [1.82, 2.24) is 14.1 Å². The monoisotopic (exact) mass is 381 g/mol. The Bertz CT molecular complexity index is 1080. The lowest BCUT2D eigenvalue weighted by Gasteiger charge is -2.09. The third kappa shape index (κ3) is 3.64. The summed E-state index contributed by atoms with van der Waals surface area (Å²) >= 11 is 5.96. The molecule has 0 saturated heterocycles. The van der Waals surface area contributed by atoms with Crippen LogP contribution in [0.1, 0.15) is 21.6 Å². The van der Waals surface area contributed by atoms with Crippen molar-refractivity contribution in [3.8, 4) is 0 Å². The standard InChI is InChI=1S/C16H13ClFN3O3S/c1-10-8-12(18)6-5-11(10)9-25(23,24)20-16(22)14-15(17)19-13-4-2-3-7-21(13)14/h2-8H,9H2,1H3,(H,20,22). The van der Waals surface area contributed by atoms with Crippen LogP contribution in [0.25, 0.3) is 5.65 Å². The van der Waals surface area contributed by atoms with Gasteiger partial charge in [-0.3, -0.25) is 9.20 Å². The van der Waals surface area contributed by atoms with E-state index in [-0.39, 0.29) is 10.8 Å². The van der Waals surface area contributed by atoms with E-state index in [0.717, 1.165) is 0 Å². The van der Waals surface area contributed by atoms with Gasteiger partial charge in [0.25, 0.3) is 5.91 Å². The molecule has 0 aliphatic heterocycles. The molecule has 3 aromatic rings. The van der Waals surface area contributed by atoms with Crippen LogP contribution in [-0.2, 0) is 15.8 Å². The summed E-state index contributed by atoms with van der Waals surface area (Å²) in [5.41, 5.74) is 1.22. The maximum absolute atomic E-state index is 13.1. The lowest BCUT2D eigenvalue weighted by molar-refractivity contribution is 0.0976. The number of imidazole rings is 1. The molecule has 1 N–H and O–H groups in total. The number of nitrogens with one attached hydrogen (secondary N) is 1. The smallest absolute Gasteiger partial charge is 0.284 e. The number of amides is 1. The van der Waals surface area contributed by atoms with Gasteiger partial charge in [-0.05, 0) is 42.3 Å². The van der Waals surface area contributed by atoms with E-state index in [1.54, 1.807) is 31.3 Å². The first-order valence-electron chi connectivity index (χ1n) is 7.19. The molecule has 0 fully saturated rings. The highest BCUT2D eigenvalue weighted by atomic mass is 35.5. The molecule has 0 aliphatic rings. The first-order chi connectivity index (χ1) is 11.8. The Morgan fingerprint density at radius 2 is 2.08 bits per heavy atom. The fraction of sp³-hybridized carbons (Fsp3) is 0.125. The highest BCUT2D eigenvalue weighted by Gasteiger charge is 2.23. The Hall–Kier alpha value is -2.45. The van der Waals surface area contributed by atoms with Crippen LogP contribution >= 0.6 is 11.6 Å². The van der Waals surface area contributed by atoms with Crippen molar-refractivity contribution in [2.75, 3.05) is 0 Å². The fourth-order valence-corrected chi connectivity index (χ4v) is 3.87. The molecule has 0 spiro atoms. The van der Waals surface area contributed by atoms with Crippen molar-refractivity contribution in [1.29, 1.82) is 0 Å². The summed E-state index contributed by atoms with van der Waals surface area (Å²) in [4.78, 5) is 16.4. The number of aryl methyl sites for hydroxylation is 1. The van der Waals surface area contributed by atoms with Crippen molar-refractivity contribution < 1.29 is 17.6 Å². The van der Waals surface area contributed by atoms with Crippen LogP contribution in [0, 0.1) is 12.7 Å². The highest BCUT2D eigenvalue weighted by molar-refractivity contribution is 7.89. The molecule has 3 rings (SSSR count). The number of halogens is 2. The predicted octanol–water partition coefficient (Wildman–Crippen LogP) is 2.70. The number of fused-ring (bicyclic) bond motifs is 1. The van der Waals surface area contributed by atoms with Crippen molar-refractivity contribution in [2.45, 2.75) is 12.7 Å². The molecule has 2 aromatic heterocycles. The van der Waals surface area contributed by atoms with E-state index >= 15 is 0 Å². The zero-order valence-corrected chi connectivity index (χ0v) is 14.6. The molecule has 1 aromatic carbocycles. The third-order valence-electron chi connectivity index (χ3n) is 3.60. The number of nitrogens with zero attached hydrogens (tertiary/aromatic N) is 2. The fourth-order valence-electron chi connectivity index (χ4n) is 2.42. The van der Waals surface area contributed by atoms with E-state index in [4.69, 9.17) is 11.6 Å². The van der Waals surface area contributed by atoms with Crippen LogP contribution in [0.15, 0.2) is 42.6 Å². The number of carbonyl (C=O) groups excluding carboxylic acids is 1. The molecular formula is C16H13ClFN3O3S. The number of hydrogen-bond donors (Lipinski definition) is 1. The quantitative estimate of drug-likeness (QED) is 0.753. The van der Waals surface area contributed by atoms with E-state index in [0.29, 0.717) is 16.8 Å². The van der Waals surface area contributed by atoms with Gasteiger partial charge >= 0.3 is 0 Å². The number of sulfonamides is 1. The molecule has 6 nitrogen and oxygen atoms in total. The minimum absolute atomic E-state index is 0.0725. The van der Waals surface area contributed by atoms with E-state index in [1.807, 2.05) is 4.72 Å². The number of aromatic nitrogens is 2. The van der Waals surface area contributed by atoms with Gasteiger partial charge < -0.3 is 0 Å². The lowest BCUT2D eigenvalue weighted by Crippen LogP contribution is -2.32. The Kier molecular flexibility index (Phi) is 4.49. The molecule has 0 aliphatic carbocycles. The number of rotatable bonds is 4. The Balaban J connectivity index is 1.87. The van der Waals surface area contributed by atoms with Gasteiger partial charge in [0.1, 0.15) is 11.5 Å². The predicted molar refractivity (Wildman–Crippen MR) is 91.4 cm³/mol. The van der Waals surface area contributed by atoms with Crippen molar-refractivity contribution in [3.63, 3.8) is 0 Å². The van der Waals surface area contributed by atoms with Gasteiger partial charge in [0, 0.05) is 6.20 Å². The van der Waals surface area contributed by atoms with Gasteiger partial charge in [0.05, 0.1) is 5.75 Å². The van der Waals surface area contributed by atoms with Gasteiger partial charge in [-0.2, -0.15) is 0 Å². The zero-order valence-electron chi connectivity index (χ0n) is 13.0. The van der Waals surface area contributed by atoms with Crippen LogP contribution in [0.5, 0.6) is 0 Å². The van der Waals surface area contributed by atoms with Crippen molar-refractivity contribution >= 4 is 33.2 Å². The second-order valence-electron chi connectivity index (χ2n) is 5.44. The lowest BCUT2D eigenvalue weighted by atomic mass is 10.1. The van der Waals surface area contributed by atoms with Gasteiger partial charge in [-0.25, -0.2) is 22.5 Å². The topological polar surface area (TPSA) is 80.5 Å². The van der Waals surface area contributed by atoms with Crippen LogP contribution < -0.4 is 4.72 Å². The first-order valence-corrected chi connectivity index (χ1v) is 9.22. The van der Waals surface area contributed by atoms with Crippen LogP contribution in [0.3, 0.4) is 0 Å². The molecule has 0 atom stereocenters. The number of pyridine rings is 1. The van der Waals surface area contributed by atoms with Gasteiger partial charge in [-0.15, -0.1) is 0 Å². The summed E-state index contributed by atoms with van der Waals surface area (Å²) in [6.07, 6.45) is 1.56. The van der Waals surface area contributed by atoms with Gasteiger partial charge in [0.2, 0.25) is 10.0 Å². The minimum atomic E-state index is -4.00. The SMILES string of the molecule is Cc1cc(F)ccc1CS(=O)(=O)NC(=O)c1c(Cl)nc2ccccn12. The maximum atomic E-state index is 13.1. The maximum Gasteiger partial charge on any atom is 0.284 e. The molecule has 1 amide bonds. The summed E-state index contributed by atoms with van der Waals surface area (Å²) < 4.78 is 41.1. The van der Waals surface area contributed by atoms with Crippen molar-refractivity contribution in [3.05, 3.63) is 70.4 Å². The largest absolute Gasteiger partial charge is 0.294 e. The minimum Gasteiger partial charge on any atom is -0.294 e. The summed E-state index contributed by atoms with van der Waals surface area (Å²) in [5.74, 6) is -1.80. The van der Waals surface area contributed by atoms with E-state index in [2.05, 4.69) is 4.98 Å². The molecule has 25 heavy (non-hydrogen) atoms. The molecule has 0 unspecified atom stereocenters. The Morgan fingerprint density at radius 1 is 1.32 bits per heavy atom. The van der Waals surface area contributed by atoms with Crippen LogP contribution in [0.4, 0.5) is 4.39 Å². The van der Waals surface area contributed by atoms with Gasteiger partial charge in [0.15, 0.2) is 10.8 Å². The second kappa shape index (κ2) is 6.45. The molecule has 130 valence electrons. The van der Waals surface area contributed by atoms with E-state index < -0.39 is 27.5 Å². The second-order valence-corrected chi connectivity index (χ2v) is 7.52. The number of carbonyl (C=O) groups is 1. The summed E-state index contributed by atoms with van der Waals surface area (Å²) in [5, 5.41) is -0.100. The molecule has 0 bridgehead atoms. The summed E-state index contributed by atoms with van der Waals surface area (Å²) in [6.45, 7) is 1.59. The number of hydrogen-bond acceptors (Lipinski definition) is 4. The average molecular weight is 382 g/mol. The normalized spacial score (nSPS) is 11.6.